The molecule has 0 aliphatic heterocycles. The first-order valence-corrected chi connectivity index (χ1v) is 6.38. The summed E-state index contributed by atoms with van der Waals surface area (Å²) in [5, 5.41) is 13.5. The maximum absolute atomic E-state index is 11.7. The summed E-state index contributed by atoms with van der Waals surface area (Å²) in [4.78, 5) is 21.9. The molecule has 0 atom stereocenters. The van der Waals surface area contributed by atoms with Gasteiger partial charge in [-0.1, -0.05) is 31.4 Å². The van der Waals surface area contributed by atoms with Gasteiger partial charge in [0.25, 0.3) is 0 Å². The van der Waals surface area contributed by atoms with Crippen LogP contribution in [0.3, 0.4) is 0 Å². The number of benzene rings is 1. The van der Waals surface area contributed by atoms with Crippen LogP contribution in [0.1, 0.15) is 32.1 Å². The Balaban J connectivity index is 1.96. The van der Waals surface area contributed by atoms with Gasteiger partial charge in [-0.25, -0.2) is 4.79 Å². The monoisotopic (exact) mass is 264 g/mol. The summed E-state index contributed by atoms with van der Waals surface area (Å²) >= 11 is 0. The molecule has 1 aliphatic carbocycles. The van der Waals surface area contributed by atoms with E-state index in [1.165, 1.54) is 24.6 Å². The Morgan fingerprint density at radius 3 is 2.63 bits per heavy atom. The summed E-state index contributed by atoms with van der Waals surface area (Å²) < 4.78 is 5.02. The highest BCUT2D eigenvalue weighted by Gasteiger charge is 2.20. The number of rotatable bonds is 3. The quantitative estimate of drug-likeness (QED) is 0.672. The van der Waals surface area contributed by atoms with Crippen LogP contribution in [0, 0.1) is 10.1 Å². The van der Waals surface area contributed by atoms with E-state index in [0.29, 0.717) is 0 Å². The molecule has 1 saturated carbocycles. The second-order valence-corrected chi connectivity index (χ2v) is 4.59. The molecular weight excluding hydrogens is 248 g/mol. The molecule has 19 heavy (non-hydrogen) atoms. The zero-order valence-electron chi connectivity index (χ0n) is 10.5. The number of amides is 1. The first-order chi connectivity index (χ1) is 9.16. The molecular formula is C13H16N2O4. The number of nitro benzene ring substituents is 1. The van der Waals surface area contributed by atoms with Crippen LogP contribution in [0.15, 0.2) is 24.3 Å². The number of ether oxygens (including phenoxy) is 1. The molecule has 1 aromatic rings. The van der Waals surface area contributed by atoms with Gasteiger partial charge in [0, 0.05) is 12.1 Å². The smallest absolute Gasteiger partial charge is 0.403 e. The highest BCUT2D eigenvalue weighted by atomic mass is 16.6. The molecule has 6 nitrogen and oxygen atoms in total. The zero-order chi connectivity index (χ0) is 13.7. The van der Waals surface area contributed by atoms with Crippen molar-refractivity contribution < 1.29 is 14.5 Å². The van der Waals surface area contributed by atoms with Crippen molar-refractivity contribution in [2.24, 2.45) is 0 Å². The van der Waals surface area contributed by atoms with Crippen LogP contribution in [0.2, 0.25) is 0 Å². The minimum absolute atomic E-state index is 0.0270. The van der Waals surface area contributed by atoms with Gasteiger partial charge in [-0.3, -0.25) is 10.1 Å². The van der Waals surface area contributed by atoms with E-state index in [2.05, 4.69) is 5.32 Å². The Bertz CT molecular complexity index is 469. The number of hydrogen-bond acceptors (Lipinski definition) is 4. The van der Waals surface area contributed by atoms with E-state index in [1.807, 2.05) is 0 Å². The van der Waals surface area contributed by atoms with Gasteiger partial charge in [-0.2, -0.15) is 0 Å². The lowest BCUT2D eigenvalue weighted by Crippen LogP contribution is -2.38. The molecule has 2 rings (SSSR count). The SMILES string of the molecule is O=C(NC1CCCCC1)Oc1ccccc1[N+](=O)[O-]. The molecule has 1 N–H and O–H groups in total. The van der Waals surface area contributed by atoms with Gasteiger partial charge in [0.2, 0.25) is 5.75 Å². The molecule has 1 aliphatic rings. The number of hydrogen-bond donors (Lipinski definition) is 1. The molecule has 0 spiro atoms. The average Bonchev–Trinajstić information content (AvgIpc) is 2.40. The van der Waals surface area contributed by atoms with Gasteiger partial charge in [0.1, 0.15) is 0 Å². The third-order valence-electron chi connectivity index (χ3n) is 3.19. The number of nitrogens with one attached hydrogen (secondary N) is 1. The minimum Gasteiger partial charge on any atom is -0.403 e. The van der Waals surface area contributed by atoms with Gasteiger partial charge in [-0.15, -0.1) is 0 Å². The van der Waals surface area contributed by atoms with Crippen molar-refractivity contribution in [3.8, 4) is 5.75 Å². The van der Waals surface area contributed by atoms with Gasteiger partial charge in [0.05, 0.1) is 4.92 Å². The van der Waals surface area contributed by atoms with Gasteiger partial charge < -0.3 is 10.1 Å². The van der Waals surface area contributed by atoms with E-state index in [9.17, 15) is 14.9 Å². The summed E-state index contributed by atoms with van der Waals surface area (Å²) in [5.74, 6) is -0.0270. The van der Waals surface area contributed by atoms with Crippen molar-refractivity contribution in [1.82, 2.24) is 5.32 Å². The molecule has 1 aromatic carbocycles. The van der Waals surface area contributed by atoms with Crippen molar-refractivity contribution in [1.29, 1.82) is 0 Å². The maximum Gasteiger partial charge on any atom is 0.413 e. The van der Waals surface area contributed by atoms with Crippen LogP contribution < -0.4 is 10.1 Å². The van der Waals surface area contributed by atoms with E-state index in [-0.39, 0.29) is 17.5 Å². The van der Waals surface area contributed by atoms with Crippen LogP contribution in [0.25, 0.3) is 0 Å². The largest absolute Gasteiger partial charge is 0.413 e. The summed E-state index contributed by atoms with van der Waals surface area (Å²) in [5.41, 5.74) is -0.207. The van der Waals surface area contributed by atoms with Crippen molar-refractivity contribution in [3.05, 3.63) is 34.4 Å². The third-order valence-corrected chi connectivity index (χ3v) is 3.19. The summed E-state index contributed by atoms with van der Waals surface area (Å²) in [6.07, 6.45) is 4.63. The van der Waals surface area contributed by atoms with E-state index < -0.39 is 11.0 Å². The predicted octanol–water partition coefficient (Wildman–Crippen LogP) is 3.02. The van der Waals surface area contributed by atoms with E-state index >= 15 is 0 Å². The highest BCUT2D eigenvalue weighted by molar-refractivity contribution is 5.72. The van der Waals surface area contributed by atoms with Crippen LogP contribution in [-0.4, -0.2) is 17.1 Å². The maximum atomic E-state index is 11.7. The van der Waals surface area contributed by atoms with Crippen LogP contribution in [0.4, 0.5) is 10.5 Å². The topological polar surface area (TPSA) is 81.5 Å². The summed E-state index contributed by atoms with van der Waals surface area (Å²) in [7, 11) is 0. The fourth-order valence-electron chi connectivity index (χ4n) is 2.24. The minimum atomic E-state index is -0.624. The second kappa shape index (κ2) is 6.17. The van der Waals surface area contributed by atoms with Crippen molar-refractivity contribution >= 4 is 11.8 Å². The Morgan fingerprint density at radius 1 is 1.26 bits per heavy atom. The lowest BCUT2D eigenvalue weighted by Gasteiger charge is -2.22. The molecule has 6 heteroatoms. The second-order valence-electron chi connectivity index (χ2n) is 4.59. The van der Waals surface area contributed by atoms with Gasteiger partial charge in [0.15, 0.2) is 0 Å². The van der Waals surface area contributed by atoms with Crippen molar-refractivity contribution in [2.45, 2.75) is 38.1 Å². The number of carbonyl (C=O) groups excluding carboxylic acids is 1. The number of nitro groups is 1. The Kier molecular flexibility index (Phi) is 4.33. The van der Waals surface area contributed by atoms with Crippen LogP contribution in [0.5, 0.6) is 5.75 Å². The molecule has 1 fully saturated rings. The normalized spacial score (nSPS) is 15.8. The summed E-state index contributed by atoms with van der Waals surface area (Å²) in [6.45, 7) is 0. The number of carbonyl (C=O) groups is 1. The number of para-hydroxylation sites is 2. The molecule has 102 valence electrons. The van der Waals surface area contributed by atoms with Gasteiger partial charge in [-0.05, 0) is 18.9 Å². The van der Waals surface area contributed by atoms with Crippen LogP contribution in [-0.2, 0) is 0 Å². The fraction of sp³-hybridized carbons (Fsp3) is 0.462. The third kappa shape index (κ3) is 3.67. The molecule has 1 amide bonds. The molecule has 0 radical (unpaired) electrons. The predicted molar refractivity (Wildman–Crippen MR) is 69.1 cm³/mol. The first kappa shape index (κ1) is 13.3. The molecule has 0 aromatic heterocycles. The van der Waals surface area contributed by atoms with E-state index in [0.717, 1.165) is 25.7 Å². The molecule has 0 unspecified atom stereocenters. The molecule has 0 heterocycles. The number of nitrogens with zero attached hydrogens (tertiary/aromatic N) is 1. The van der Waals surface area contributed by atoms with E-state index in [4.69, 9.17) is 4.74 Å². The van der Waals surface area contributed by atoms with Crippen molar-refractivity contribution in [2.75, 3.05) is 0 Å². The summed E-state index contributed by atoms with van der Waals surface area (Å²) in [6, 6.07) is 5.96. The van der Waals surface area contributed by atoms with E-state index in [1.54, 1.807) is 6.07 Å². The van der Waals surface area contributed by atoms with Crippen molar-refractivity contribution in [3.63, 3.8) is 0 Å². The Labute approximate surface area is 110 Å². The van der Waals surface area contributed by atoms with Crippen LogP contribution >= 0.6 is 0 Å². The Morgan fingerprint density at radius 2 is 1.95 bits per heavy atom. The lowest BCUT2D eigenvalue weighted by molar-refractivity contribution is -0.385. The average molecular weight is 264 g/mol. The van der Waals surface area contributed by atoms with Gasteiger partial charge >= 0.3 is 11.8 Å². The first-order valence-electron chi connectivity index (χ1n) is 6.38. The zero-order valence-corrected chi connectivity index (χ0v) is 10.5. The molecule has 0 saturated heterocycles. The standard InChI is InChI=1S/C13H16N2O4/c16-13(14-10-6-2-1-3-7-10)19-12-9-5-4-8-11(12)15(17)18/h4-5,8-10H,1-3,6-7H2,(H,14,16). The fourth-order valence-corrected chi connectivity index (χ4v) is 2.24. The Hall–Kier alpha value is -2.11. The lowest BCUT2D eigenvalue weighted by atomic mass is 9.96. The highest BCUT2D eigenvalue weighted by Crippen LogP contribution is 2.26. The molecule has 0 bridgehead atoms.